The lowest BCUT2D eigenvalue weighted by atomic mass is 10.0. The summed E-state index contributed by atoms with van der Waals surface area (Å²) >= 11 is 0. The third kappa shape index (κ3) is 4.08. The number of fused-ring (bicyclic) bond motifs is 1. The number of nitrogens with one attached hydrogen (secondary N) is 1. The van der Waals surface area contributed by atoms with Crippen molar-refractivity contribution in [1.82, 2.24) is 19.9 Å². The number of aromatic nitrogens is 3. The third-order valence-electron chi connectivity index (χ3n) is 5.25. The van der Waals surface area contributed by atoms with E-state index in [1.165, 1.54) is 12.1 Å². The molecule has 0 spiro atoms. The molecule has 3 heterocycles. The Labute approximate surface area is 177 Å². The summed E-state index contributed by atoms with van der Waals surface area (Å²) < 4.78 is 78.1. The first-order valence-corrected chi connectivity index (χ1v) is 9.66. The highest BCUT2D eigenvalue weighted by Crippen LogP contribution is 2.36. The highest BCUT2D eigenvalue weighted by atomic mass is 19.4. The molecule has 1 fully saturated rings. The van der Waals surface area contributed by atoms with Gasteiger partial charge in [0.05, 0.1) is 18.8 Å². The normalized spacial score (nSPS) is 17.2. The van der Waals surface area contributed by atoms with E-state index in [1.54, 1.807) is 29.6 Å². The number of nitrogens with zero attached hydrogens (tertiary/aromatic N) is 4. The van der Waals surface area contributed by atoms with Crippen molar-refractivity contribution in [2.45, 2.75) is 31.0 Å². The zero-order valence-corrected chi connectivity index (χ0v) is 16.4. The van der Waals surface area contributed by atoms with Gasteiger partial charge in [-0.15, -0.1) is 5.10 Å². The van der Waals surface area contributed by atoms with Crippen LogP contribution in [0, 0.1) is 5.82 Å². The summed E-state index contributed by atoms with van der Waals surface area (Å²) in [6.45, 7) is -1.30. The third-order valence-corrected chi connectivity index (χ3v) is 5.25. The highest BCUT2D eigenvalue weighted by Gasteiger charge is 2.57. The predicted molar refractivity (Wildman–Crippen MR) is 102 cm³/mol. The summed E-state index contributed by atoms with van der Waals surface area (Å²) in [6, 6.07) is 9.20. The molecule has 0 saturated carbocycles. The molecule has 0 aliphatic carbocycles. The van der Waals surface area contributed by atoms with Crippen molar-refractivity contribution in [3.05, 3.63) is 59.7 Å². The fourth-order valence-corrected chi connectivity index (χ4v) is 3.66. The molecule has 1 saturated heterocycles. The first-order chi connectivity index (χ1) is 15.1. The zero-order valence-electron chi connectivity index (χ0n) is 16.4. The van der Waals surface area contributed by atoms with Gasteiger partial charge in [-0.1, -0.05) is 12.1 Å². The van der Waals surface area contributed by atoms with E-state index < -0.39 is 24.6 Å². The fourth-order valence-electron chi connectivity index (χ4n) is 3.66. The predicted octanol–water partition coefficient (Wildman–Crippen LogP) is 4.14. The molecule has 170 valence electrons. The first kappa shape index (κ1) is 21.9. The van der Waals surface area contributed by atoms with Gasteiger partial charge in [0, 0.05) is 6.54 Å². The van der Waals surface area contributed by atoms with Crippen LogP contribution in [0.2, 0.25) is 0 Å². The molecule has 1 atom stereocenters. The number of amides is 1. The SMILES string of the molecule is O=C(NCC(F)(F)C(F)(F)F)c1cnc2ccc(N3CCC[C@H]3c3cccc(F)c3)nn12. The molecular weight excluding hydrogens is 440 g/mol. The van der Waals surface area contributed by atoms with Gasteiger partial charge in [0.2, 0.25) is 0 Å². The molecule has 0 radical (unpaired) electrons. The maximum atomic E-state index is 13.7. The molecular formula is C20H17F6N5O. The van der Waals surface area contributed by atoms with Crippen LogP contribution in [0.25, 0.3) is 5.65 Å². The quantitative estimate of drug-likeness (QED) is 0.586. The second-order valence-electron chi connectivity index (χ2n) is 7.40. The standard InChI is InChI=1S/C20H17F6N5O/c21-13-4-1-3-12(9-13)14-5-2-8-30(14)17-7-6-16-27-10-15(31(16)29-17)18(32)28-11-19(22,23)20(24,25)26/h1,3-4,6-7,9-10,14H,2,5,8,11H2,(H,28,32)/t14-/m0/s1. The Morgan fingerprint density at radius 1 is 1.16 bits per heavy atom. The van der Waals surface area contributed by atoms with E-state index in [-0.39, 0.29) is 23.2 Å². The lowest BCUT2D eigenvalue weighted by Gasteiger charge is -2.26. The van der Waals surface area contributed by atoms with Crippen molar-refractivity contribution in [3.8, 4) is 0 Å². The highest BCUT2D eigenvalue weighted by molar-refractivity contribution is 5.93. The van der Waals surface area contributed by atoms with E-state index in [4.69, 9.17) is 0 Å². The van der Waals surface area contributed by atoms with E-state index >= 15 is 0 Å². The summed E-state index contributed by atoms with van der Waals surface area (Å²) in [6.07, 6.45) is -3.19. The van der Waals surface area contributed by atoms with Crippen LogP contribution in [0.4, 0.5) is 32.2 Å². The summed E-state index contributed by atoms with van der Waals surface area (Å²) in [5.41, 5.74) is 0.673. The van der Waals surface area contributed by atoms with Crippen LogP contribution < -0.4 is 10.2 Å². The maximum absolute atomic E-state index is 13.7. The van der Waals surface area contributed by atoms with Crippen molar-refractivity contribution < 1.29 is 31.1 Å². The molecule has 4 rings (SSSR count). The van der Waals surface area contributed by atoms with Gasteiger partial charge in [-0.25, -0.2) is 13.9 Å². The number of carbonyl (C=O) groups is 1. The molecule has 32 heavy (non-hydrogen) atoms. The number of benzene rings is 1. The number of hydrogen-bond donors (Lipinski definition) is 1. The molecule has 1 aliphatic heterocycles. The average Bonchev–Trinajstić information content (AvgIpc) is 3.38. The maximum Gasteiger partial charge on any atom is 0.455 e. The van der Waals surface area contributed by atoms with Gasteiger partial charge >= 0.3 is 12.1 Å². The summed E-state index contributed by atoms with van der Waals surface area (Å²) in [4.78, 5) is 18.1. The smallest absolute Gasteiger partial charge is 0.348 e. The van der Waals surface area contributed by atoms with Crippen LogP contribution in [-0.4, -0.2) is 45.7 Å². The van der Waals surface area contributed by atoms with Gasteiger partial charge in [0.25, 0.3) is 5.91 Å². The Kier molecular flexibility index (Phi) is 5.47. The van der Waals surface area contributed by atoms with Crippen molar-refractivity contribution in [3.63, 3.8) is 0 Å². The Bertz CT molecular complexity index is 1140. The van der Waals surface area contributed by atoms with Crippen molar-refractivity contribution in [2.75, 3.05) is 18.0 Å². The Balaban J connectivity index is 1.59. The Morgan fingerprint density at radius 3 is 2.66 bits per heavy atom. The molecule has 1 amide bonds. The first-order valence-electron chi connectivity index (χ1n) is 9.66. The van der Waals surface area contributed by atoms with Gasteiger partial charge < -0.3 is 10.2 Å². The van der Waals surface area contributed by atoms with Gasteiger partial charge in [0.15, 0.2) is 11.3 Å². The molecule has 1 aliphatic rings. The average molecular weight is 457 g/mol. The second-order valence-corrected chi connectivity index (χ2v) is 7.40. The van der Waals surface area contributed by atoms with Gasteiger partial charge in [0.1, 0.15) is 11.6 Å². The van der Waals surface area contributed by atoms with E-state index in [1.807, 2.05) is 4.90 Å². The van der Waals surface area contributed by atoms with Crippen molar-refractivity contribution in [2.24, 2.45) is 0 Å². The summed E-state index contributed by atoms with van der Waals surface area (Å²) in [5, 5.41) is 5.93. The molecule has 12 heteroatoms. The van der Waals surface area contributed by atoms with E-state index in [0.717, 1.165) is 29.1 Å². The topological polar surface area (TPSA) is 62.5 Å². The van der Waals surface area contributed by atoms with E-state index in [2.05, 4.69) is 10.1 Å². The largest absolute Gasteiger partial charge is 0.455 e. The van der Waals surface area contributed by atoms with Crippen molar-refractivity contribution in [1.29, 1.82) is 0 Å². The number of alkyl halides is 5. The van der Waals surface area contributed by atoms with Gasteiger partial charge in [-0.05, 0) is 42.7 Å². The molecule has 1 aromatic carbocycles. The Hall–Kier alpha value is -3.31. The van der Waals surface area contributed by atoms with Crippen molar-refractivity contribution >= 4 is 17.4 Å². The van der Waals surface area contributed by atoms with Crippen LogP contribution in [0.5, 0.6) is 0 Å². The molecule has 6 nitrogen and oxygen atoms in total. The fraction of sp³-hybridized carbons (Fsp3) is 0.350. The van der Waals surface area contributed by atoms with E-state index in [0.29, 0.717) is 12.4 Å². The minimum atomic E-state index is -5.78. The molecule has 1 N–H and O–H groups in total. The van der Waals surface area contributed by atoms with Gasteiger partial charge in [-0.3, -0.25) is 4.79 Å². The van der Waals surface area contributed by atoms with Crippen LogP contribution in [-0.2, 0) is 0 Å². The Morgan fingerprint density at radius 2 is 1.94 bits per heavy atom. The molecule has 3 aromatic rings. The molecule has 0 bridgehead atoms. The minimum absolute atomic E-state index is 0.165. The van der Waals surface area contributed by atoms with E-state index in [9.17, 15) is 31.1 Å². The molecule has 2 aromatic heterocycles. The van der Waals surface area contributed by atoms with Crippen LogP contribution in [0.1, 0.15) is 34.9 Å². The minimum Gasteiger partial charge on any atom is -0.348 e. The van der Waals surface area contributed by atoms with Crippen LogP contribution in [0.3, 0.4) is 0 Å². The number of carbonyl (C=O) groups excluding carboxylic acids is 1. The zero-order chi connectivity index (χ0) is 23.1. The van der Waals surface area contributed by atoms with Crippen LogP contribution in [0.15, 0.2) is 42.6 Å². The lowest BCUT2D eigenvalue weighted by molar-refractivity contribution is -0.278. The number of rotatable bonds is 5. The monoisotopic (exact) mass is 457 g/mol. The number of anilines is 1. The summed E-state index contributed by atoms with van der Waals surface area (Å²) in [5.74, 6) is -6.19. The second kappa shape index (κ2) is 7.99. The summed E-state index contributed by atoms with van der Waals surface area (Å²) in [7, 11) is 0. The molecule has 0 unspecified atom stereocenters. The number of halogens is 6. The van der Waals surface area contributed by atoms with Gasteiger partial charge in [-0.2, -0.15) is 22.0 Å². The number of imidazole rings is 1. The number of hydrogen-bond acceptors (Lipinski definition) is 4. The van der Waals surface area contributed by atoms with Crippen LogP contribution >= 0.6 is 0 Å². The lowest BCUT2D eigenvalue weighted by Crippen LogP contribution is -2.47.